The van der Waals surface area contributed by atoms with Crippen molar-refractivity contribution in [3.63, 3.8) is 0 Å². The van der Waals surface area contributed by atoms with E-state index in [-0.39, 0.29) is 42.1 Å². The maximum Gasteiger partial charge on any atom is 0.292 e. The number of carbonyl (C=O) groups excluding carboxylic acids is 4. The van der Waals surface area contributed by atoms with E-state index in [4.69, 9.17) is 21.0 Å². The molecule has 16 heteroatoms. The van der Waals surface area contributed by atoms with Crippen LogP contribution in [-0.4, -0.2) is 83.9 Å². The third-order valence-electron chi connectivity index (χ3n) is 11.8. The quantitative estimate of drug-likeness (QED) is 0.138. The van der Waals surface area contributed by atoms with Gasteiger partial charge in [-0.1, -0.05) is 0 Å². The minimum atomic E-state index is -0.573. The molecule has 55 heavy (non-hydrogen) atoms. The van der Waals surface area contributed by atoms with E-state index >= 15 is 0 Å². The van der Waals surface area contributed by atoms with Crippen molar-refractivity contribution >= 4 is 69.0 Å². The molecule has 3 aromatic heterocycles. The van der Waals surface area contributed by atoms with Gasteiger partial charge in [0.15, 0.2) is 17.2 Å². The molecule has 1 aliphatic carbocycles. The SMILES string of the molecule is Nc1nc2cc(-c3nn(C4CCN(C(=O)C5CCC(CNc6ccc7c(c6)CN(C6CCC(=O)NC6=O)C7=C=O)CC5)CC4)c4ncnc(N)c34)ccc2o1. The Morgan fingerprint density at radius 2 is 1.82 bits per heavy atom. The molecule has 6 N–H and O–H groups in total. The van der Waals surface area contributed by atoms with Gasteiger partial charge in [-0.2, -0.15) is 10.1 Å². The normalized spacial score (nSPS) is 21.9. The van der Waals surface area contributed by atoms with Crippen LogP contribution in [0.5, 0.6) is 0 Å². The van der Waals surface area contributed by atoms with Crippen molar-refractivity contribution in [1.29, 1.82) is 0 Å². The second-order valence-corrected chi connectivity index (χ2v) is 15.1. The van der Waals surface area contributed by atoms with Gasteiger partial charge >= 0.3 is 0 Å². The standard InChI is InChI=1S/C39H41N11O5/c40-35-33-34(23-5-9-31-28(16-23)45-39(41)55-31)47-50(36(33)44-20-43-35)26-11-13-48(14-12-26)38(54)22-3-1-21(2-4-22)17-42-25-6-7-27-24(15-25)18-49(30(27)19-51)29-8-10-32(52)46-37(29)53/h5-7,9,15-16,20-22,26,29,42H,1-4,8,10-14,17-18H2,(H2,41,45)(H2,40,43,44)(H,46,52,53). The number of nitrogens with zero attached hydrogens (tertiary/aromatic N) is 7. The molecule has 2 aromatic carbocycles. The lowest BCUT2D eigenvalue weighted by Gasteiger charge is -2.36. The zero-order valence-corrected chi connectivity index (χ0v) is 30.2. The Hall–Kier alpha value is -6.28. The first-order chi connectivity index (χ1) is 26.7. The Balaban J connectivity index is 0.789. The lowest BCUT2D eigenvalue weighted by molar-refractivity contribution is -0.138. The Bertz CT molecular complexity index is 2400. The van der Waals surface area contributed by atoms with Gasteiger partial charge in [0.1, 0.15) is 35.1 Å². The molecular formula is C39H41N11O5. The monoisotopic (exact) mass is 743 g/mol. The van der Waals surface area contributed by atoms with Crippen molar-refractivity contribution < 1.29 is 23.6 Å². The fourth-order valence-electron chi connectivity index (χ4n) is 8.85. The number of hydrogen-bond acceptors (Lipinski definition) is 13. The molecule has 6 heterocycles. The maximum absolute atomic E-state index is 13.7. The molecule has 0 radical (unpaired) electrons. The maximum atomic E-state index is 13.7. The van der Waals surface area contributed by atoms with Crippen LogP contribution in [0.2, 0.25) is 0 Å². The molecule has 4 aliphatic rings. The van der Waals surface area contributed by atoms with E-state index in [9.17, 15) is 19.2 Å². The van der Waals surface area contributed by atoms with Gasteiger partial charge in [-0.25, -0.2) is 19.4 Å². The number of rotatable bonds is 7. The number of oxazole rings is 1. The summed E-state index contributed by atoms with van der Waals surface area (Å²) in [5.41, 5.74) is 18.5. The minimum absolute atomic E-state index is 0.0183. The third kappa shape index (κ3) is 6.31. The molecule has 3 amide bonds. The summed E-state index contributed by atoms with van der Waals surface area (Å²) in [7, 11) is 0. The highest BCUT2D eigenvalue weighted by Gasteiger charge is 2.38. The topological polar surface area (TPSA) is 220 Å². The molecule has 2 saturated heterocycles. The molecule has 0 spiro atoms. The van der Waals surface area contributed by atoms with Gasteiger partial charge in [-0.15, -0.1) is 0 Å². The number of carbonyl (C=O) groups is 3. The van der Waals surface area contributed by atoms with E-state index in [2.05, 4.69) is 25.6 Å². The number of nitrogen functional groups attached to an aromatic ring is 2. The summed E-state index contributed by atoms with van der Waals surface area (Å²) in [6.45, 7) is 2.48. The fraction of sp³-hybridized carbons (Fsp3) is 0.410. The summed E-state index contributed by atoms with van der Waals surface area (Å²) in [6, 6.07) is 11.0. The zero-order chi connectivity index (χ0) is 37.8. The highest BCUT2D eigenvalue weighted by molar-refractivity contribution is 6.02. The number of imide groups is 1. The van der Waals surface area contributed by atoms with Crippen molar-refractivity contribution in [3.8, 4) is 11.3 Å². The molecule has 1 unspecified atom stereocenters. The first-order valence-electron chi connectivity index (χ1n) is 18.9. The number of fused-ring (bicyclic) bond motifs is 3. The Labute approximate surface area is 315 Å². The first kappa shape index (κ1) is 34.5. The molecule has 16 nitrogen and oxygen atoms in total. The predicted molar refractivity (Wildman–Crippen MR) is 203 cm³/mol. The van der Waals surface area contributed by atoms with Crippen LogP contribution in [0, 0.1) is 11.8 Å². The van der Waals surface area contributed by atoms with Crippen molar-refractivity contribution in [2.45, 2.75) is 70.0 Å². The first-order valence-corrected chi connectivity index (χ1v) is 18.9. The predicted octanol–water partition coefficient (Wildman–Crippen LogP) is 3.67. The van der Waals surface area contributed by atoms with Gasteiger partial charge in [0, 0.05) is 55.3 Å². The molecule has 5 aromatic rings. The number of benzene rings is 2. The van der Waals surface area contributed by atoms with Gasteiger partial charge < -0.3 is 31.0 Å². The number of nitrogens with two attached hydrogens (primary N) is 2. The summed E-state index contributed by atoms with van der Waals surface area (Å²) in [6.07, 6.45) is 7.20. The zero-order valence-electron chi connectivity index (χ0n) is 30.2. The number of anilines is 3. The van der Waals surface area contributed by atoms with Crippen LogP contribution in [0.3, 0.4) is 0 Å². The number of hydrogen-bond donors (Lipinski definition) is 4. The van der Waals surface area contributed by atoms with Crippen LogP contribution in [0.4, 0.5) is 17.5 Å². The second-order valence-electron chi connectivity index (χ2n) is 15.1. The van der Waals surface area contributed by atoms with Gasteiger partial charge in [-0.3, -0.25) is 19.7 Å². The third-order valence-corrected chi connectivity index (χ3v) is 11.8. The number of piperidine rings is 2. The average Bonchev–Trinajstić information content (AvgIpc) is 3.89. The molecule has 3 aliphatic heterocycles. The summed E-state index contributed by atoms with van der Waals surface area (Å²) in [5.74, 6) is 2.40. The van der Waals surface area contributed by atoms with Gasteiger partial charge in [-0.05, 0) is 92.8 Å². The summed E-state index contributed by atoms with van der Waals surface area (Å²) < 4.78 is 7.39. The van der Waals surface area contributed by atoms with Crippen LogP contribution in [0.25, 0.3) is 39.1 Å². The van der Waals surface area contributed by atoms with E-state index in [0.29, 0.717) is 71.3 Å². The molecule has 1 saturated carbocycles. The van der Waals surface area contributed by atoms with Crippen LogP contribution < -0.4 is 22.1 Å². The van der Waals surface area contributed by atoms with Gasteiger partial charge in [0.2, 0.25) is 17.7 Å². The molecule has 282 valence electrons. The highest BCUT2D eigenvalue weighted by atomic mass is 16.4. The number of amides is 3. The highest BCUT2D eigenvalue weighted by Crippen LogP contribution is 2.38. The number of nitrogens with one attached hydrogen (secondary N) is 2. The van der Waals surface area contributed by atoms with Crippen LogP contribution >= 0.6 is 0 Å². The largest absolute Gasteiger partial charge is 0.424 e. The average molecular weight is 744 g/mol. The van der Waals surface area contributed by atoms with E-state index in [1.165, 1.54) is 6.33 Å². The summed E-state index contributed by atoms with van der Waals surface area (Å²) in [4.78, 5) is 66.7. The molecule has 1 atom stereocenters. The number of likely N-dealkylation sites (tertiary alicyclic amines) is 1. The summed E-state index contributed by atoms with van der Waals surface area (Å²) in [5, 5.41) is 11.6. The lowest BCUT2D eigenvalue weighted by Crippen LogP contribution is -2.50. The van der Waals surface area contributed by atoms with E-state index < -0.39 is 6.04 Å². The second kappa shape index (κ2) is 13.9. The van der Waals surface area contributed by atoms with E-state index in [1.807, 2.05) is 51.9 Å². The van der Waals surface area contributed by atoms with E-state index in [1.54, 1.807) is 4.90 Å². The van der Waals surface area contributed by atoms with Gasteiger partial charge in [0.05, 0.1) is 11.4 Å². The van der Waals surface area contributed by atoms with Crippen molar-refractivity contribution in [2.75, 3.05) is 36.4 Å². The molecular weight excluding hydrogens is 703 g/mol. The Morgan fingerprint density at radius 1 is 1.00 bits per heavy atom. The lowest BCUT2D eigenvalue weighted by atomic mass is 9.81. The Morgan fingerprint density at radius 3 is 2.60 bits per heavy atom. The molecule has 9 rings (SSSR count). The van der Waals surface area contributed by atoms with Gasteiger partial charge in [0.25, 0.3) is 6.01 Å². The van der Waals surface area contributed by atoms with Crippen molar-refractivity contribution in [3.05, 3.63) is 53.9 Å². The van der Waals surface area contributed by atoms with Crippen LogP contribution in [0.15, 0.2) is 47.1 Å². The molecule has 0 bridgehead atoms. The molecule has 3 fully saturated rings. The van der Waals surface area contributed by atoms with Crippen LogP contribution in [0.1, 0.15) is 68.5 Å². The number of aromatic nitrogens is 5. The van der Waals surface area contributed by atoms with E-state index in [0.717, 1.165) is 67.4 Å². The minimum Gasteiger partial charge on any atom is -0.424 e. The van der Waals surface area contributed by atoms with Crippen molar-refractivity contribution in [1.82, 2.24) is 39.8 Å². The van der Waals surface area contributed by atoms with Crippen molar-refractivity contribution in [2.24, 2.45) is 11.8 Å². The summed E-state index contributed by atoms with van der Waals surface area (Å²) >= 11 is 0. The smallest absolute Gasteiger partial charge is 0.292 e. The van der Waals surface area contributed by atoms with Crippen LogP contribution in [-0.2, 0) is 25.7 Å². The fourth-order valence-corrected chi connectivity index (χ4v) is 8.85. The Kier molecular flexibility index (Phi) is 8.68.